The van der Waals surface area contributed by atoms with Crippen molar-refractivity contribution in [3.63, 3.8) is 0 Å². The van der Waals surface area contributed by atoms with E-state index in [9.17, 15) is 9.59 Å². The van der Waals surface area contributed by atoms with Gasteiger partial charge >= 0.3 is 0 Å². The van der Waals surface area contributed by atoms with Crippen molar-refractivity contribution in [1.29, 1.82) is 0 Å². The number of hydrogen-bond donors (Lipinski definition) is 2. The molecule has 0 saturated carbocycles. The maximum absolute atomic E-state index is 12.0. The zero-order valence-corrected chi connectivity index (χ0v) is 12.3. The number of carbonyl (C=O) groups is 2. The summed E-state index contributed by atoms with van der Waals surface area (Å²) in [5, 5.41) is 10.5. The van der Waals surface area contributed by atoms with Gasteiger partial charge in [0.1, 0.15) is 0 Å². The number of rotatable bonds is 5. The van der Waals surface area contributed by atoms with E-state index in [0.29, 0.717) is 20.7 Å². The molecule has 0 aliphatic heterocycles. The molecule has 6 nitrogen and oxygen atoms in total. The summed E-state index contributed by atoms with van der Waals surface area (Å²) in [5.41, 5.74) is 6.72. The molecule has 0 bridgehead atoms. The van der Waals surface area contributed by atoms with Crippen LogP contribution < -0.4 is 11.1 Å². The molecule has 0 atom stereocenters. The van der Waals surface area contributed by atoms with Crippen molar-refractivity contribution in [3.05, 3.63) is 29.8 Å². The van der Waals surface area contributed by atoms with E-state index in [4.69, 9.17) is 5.73 Å². The fraction of sp³-hybridized carbons (Fsp3) is 0.167. The molecule has 0 fully saturated rings. The van der Waals surface area contributed by atoms with Gasteiger partial charge in [0, 0.05) is 18.2 Å². The Balaban J connectivity index is 1.93. The number of nitrogens with zero attached hydrogens (tertiary/aromatic N) is 2. The van der Waals surface area contributed by atoms with Crippen molar-refractivity contribution in [2.24, 2.45) is 0 Å². The molecule has 0 aliphatic carbocycles. The van der Waals surface area contributed by atoms with E-state index in [1.807, 2.05) is 0 Å². The number of nitrogens with two attached hydrogens (primary N) is 1. The highest BCUT2D eigenvalue weighted by Crippen LogP contribution is 2.24. The Labute approximate surface area is 123 Å². The number of anilines is 2. The highest BCUT2D eigenvalue weighted by Gasteiger charge is 2.09. The first-order valence-electron chi connectivity index (χ1n) is 5.67. The number of Topliss-reactive ketones (excluding diaryl/α,β-unsaturated/α-hetero) is 1. The minimum atomic E-state index is -0.145. The molecule has 1 heterocycles. The average Bonchev–Trinajstić information content (AvgIpc) is 2.82. The van der Waals surface area contributed by atoms with E-state index in [2.05, 4.69) is 15.5 Å². The largest absolute Gasteiger partial charge is 0.374 e. The Morgan fingerprint density at radius 1 is 1.30 bits per heavy atom. The predicted octanol–water partition coefficient (Wildman–Crippen LogP) is 2.05. The van der Waals surface area contributed by atoms with Gasteiger partial charge in [0.05, 0.1) is 5.75 Å². The molecule has 1 aromatic heterocycles. The van der Waals surface area contributed by atoms with Gasteiger partial charge in [0.25, 0.3) is 0 Å². The molecule has 8 heteroatoms. The van der Waals surface area contributed by atoms with Gasteiger partial charge in [-0.15, -0.1) is 10.2 Å². The number of nitrogen functional groups attached to an aromatic ring is 1. The van der Waals surface area contributed by atoms with Gasteiger partial charge in [-0.3, -0.25) is 9.59 Å². The van der Waals surface area contributed by atoms with Crippen LogP contribution in [0.5, 0.6) is 0 Å². The van der Waals surface area contributed by atoms with Crippen molar-refractivity contribution in [2.45, 2.75) is 11.3 Å². The summed E-state index contributed by atoms with van der Waals surface area (Å²) in [5.74, 6) is 0.111. The quantitative estimate of drug-likeness (QED) is 0.648. The second kappa shape index (κ2) is 6.49. The van der Waals surface area contributed by atoms with Crippen LogP contribution in [-0.4, -0.2) is 27.6 Å². The number of thioether (sulfide) groups is 1. The summed E-state index contributed by atoms with van der Waals surface area (Å²) < 4.78 is 0.672. The normalized spacial score (nSPS) is 10.2. The van der Waals surface area contributed by atoms with E-state index >= 15 is 0 Å². The van der Waals surface area contributed by atoms with Crippen LogP contribution in [0.4, 0.5) is 10.8 Å². The Kier molecular flexibility index (Phi) is 4.70. The molecule has 104 valence electrons. The Bertz CT molecular complexity index is 625. The van der Waals surface area contributed by atoms with Crippen LogP contribution >= 0.6 is 23.1 Å². The number of nitrogens with one attached hydrogen (secondary N) is 1. The lowest BCUT2D eigenvalue weighted by molar-refractivity contribution is -0.114. The summed E-state index contributed by atoms with van der Waals surface area (Å²) in [4.78, 5) is 22.9. The van der Waals surface area contributed by atoms with Gasteiger partial charge in [-0.2, -0.15) is 0 Å². The average molecular weight is 308 g/mol. The van der Waals surface area contributed by atoms with E-state index in [0.717, 1.165) is 0 Å². The first-order valence-corrected chi connectivity index (χ1v) is 7.47. The van der Waals surface area contributed by atoms with E-state index in [-0.39, 0.29) is 17.4 Å². The lowest BCUT2D eigenvalue weighted by atomic mass is 10.1. The van der Waals surface area contributed by atoms with Gasteiger partial charge < -0.3 is 11.1 Å². The standard InChI is InChI=1S/C12H12N4O2S2/c1-7(17)14-9-4-2-8(3-5-9)10(18)6-19-12-16-15-11(13)20-12/h2-5H,6H2,1H3,(H2,13,15)(H,14,17). The van der Waals surface area contributed by atoms with E-state index in [1.54, 1.807) is 24.3 Å². The molecule has 3 N–H and O–H groups in total. The highest BCUT2D eigenvalue weighted by molar-refractivity contribution is 8.01. The van der Waals surface area contributed by atoms with Crippen LogP contribution in [0.25, 0.3) is 0 Å². The Morgan fingerprint density at radius 3 is 2.55 bits per heavy atom. The summed E-state index contributed by atoms with van der Waals surface area (Å²) in [6.45, 7) is 1.43. The van der Waals surface area contributed by atoms with Crippen LogP contribution in [0.1, 0.15) is 17.3 Å². The number of aromatic nitrogens is 2. The second-order valence-corrected chi connectivity index (χ2v) is 6.11. The zero-order chi connectivity index (χ0) is 14.5. The lowest BCUT2D eigenvalue weighted by Gasteiger charge is -2.03. The molecule has 0 aliphatic rings. The summed E-state index contributed by atoms with van der Waals surface area (Å²) in [7, 11) is 0. The lowest BCUT2D eigenvalue weighted by Crippen LogP contribution is -2.06. The molecule has 0 saturated heterocycles. The second-order valence-electron chi connectivity index (χ2n) is 3.88. The topological polar surface area (TPSA) is 98.0 Å². The third-order valence-corrected chi connectivity index (χ3v) is 4.16. The smallest absolute Gasteiger partial charge is 0.221 e. The fourth-order valence-corrected chi connectivity index (χ4v) is 2.96. The van der Waals surface area contributed by atoms with E-state index < -0.39 is 0 Å². The Hall–Kier alpha value is -1.93. The predicted molar refractivity (Wildman–Crippen MR) is 80.1 cm³/mol. The van der Waals surface area contributed by atoms with Gasteiger partial charge in [-0.1, -0.05) is 23.1 Å². The van der Waals surface area contributed by atoms with Crippen molar-refractivity contribution < 1.29 is 9.59 Å². The van der Waals surface area contributed by atoms with Crippen molar-refractivity contribution in [1.82, 2.24) is 10.2 Å². The zero-order valence-electron chi connectivity index (χ0n) is 10.6. The molecule has 0 spiro atoms. The maximum Gasteiger partial charge on any atom is 0.221 e. The number of carbonyl (C=O) groups excluding carboxylic acids is 2. The number of amides is 1. The number of ketones is 1. The molecule has 20 heavy (non-hydrogen) atoms. The van der Waals surface area contributed by atoms with Gasteiger partial charge in [-0.05, 0) is 24.3 Å². The molecular weight excluding hydrogens is 296 g/mol. The van der Waals surface area contributed by atoms with Crippen LogP contribution in [0, 0.1) is 0 Å². The molecule has 2 rings (SSSR count). The van der Waals surface area contributed by atoms with Crippen molar-refractivity contribution in [2.75, 3.05) is 16.8 Å². The highest BCUT2D eigenvalue weighted by atomic mass is 32.2. The third kappa shape index (κ3) is 4.04. The van der Waals surface area contributed by atoms with Crippen LogP contribution in [0.15, 0.2) is 28.6 Å². The van der Waals surface area contributed by atoms with Gasteiger partial charge in [0.15, 0.2) is 10.1 Å². The van der Waals surface area contributed by atoms with Crippen LogP contribution in [0.2, 0.25) is 0 Å². The minimum absolute atomic E-state index is 0.0156. The summed E-state index contributed by atoms with van der Waals surface area (Å²) in [6, 6.07) is 6.76. The van der Waals surface area contributed by atoms with E-state index in [1.165, 1.54) is 30.0 Å². The first kappa shape index (κ1) is 14.5. The number of benzene rings is 1. The van der Waals surface area contributed by atoms with Gasteiger partial charge in [0.2, 0.25) is 11.0 Å². The van der Waals surface area contributed by atoms with Gasteiger partial charge in [-0.25, -0.2) is 0 Å². The molecule has 2 aromatic rings. The number of hydrogen-bond acceptors (Lipinski definition) is 7. The third-order valence-electron chi connectivity index (χ3n) is 2.28. The van der Waals surface area contributed by atoms with Crippen LogP contribution in [0.3, 0.4) is 0 Å². The minimum Gasteiger partial charge on any atom is -0.374 e. The molecule has 0 unspecified atom stereocenters. The van der Waals surface area contributed by atoms with Crippen molar-refractivity contribution >= 4 is 45.6 Å². The Morgan fingerprint density at radius 2 is 2.00 bits per heavy atom. The maximum atomic E-state index is 12.0. The molecule has 1 aromatic carbocycles. The SMILES string of the molecule is CC(=O)Nc1ccc(C(=O)CSc2nnc(N)s2)cc1. The van der Waals surface area contributed by atoms with Crippen LogP contribution in [-0.2, 0) is 4.79 Å². The fourth-order valence-electron chi connectivity index (χ4n) is 1.43. The molecule has 0 radical (unpaired) electrons. The summed E-state index contributed by atoms with van der Waals surface area (Å²) >= 11 is 2.56. The first-order chi connectivity index (χ1) is 9.54. The molecule has 1 amide bonds. The molecular formula is C12H12N4O2S2. The monoisotopic (exact) mass is 308 g/mol. The summed E-state index contributed by atoms with van der Waals surface area (Å²) in [6.07, 6.45) is 0. The van der Waals surface area contributed by atoms with Crippen molar-refractivity contribution in [3.8, 4) is 0 Å².